The minimum atomic E-state index is -0.202. The van der Waals surface area contributed by atoms with E-state index < -0.39 is 0 Å². The van der Waals surface area contributed by atoms with Gasteiger partial charge in [-0.05, 0) is 30.7 Å². The molecule has 0 aliphatic carbocycles. The predicted molar refractivity (Wildman–Crippen MR) is 92.1 cm³/mol. The summed E-state index contributed by atoms with van der Waals surface area (Å²) in [6, 6.07) is 16.8. The number of hydrogen-bond donors (Lipinski definition) is 1. The molecular weight excluding hydrogens is 288 g/mol. The normalized spacial score (nSPS) is 17.5. The number of benzene rings is 2. The van der Waals surface area contributed by atoms with Gasteiger partial charge in [0.1, 0.15) is 0 Å². The summed E-state index contributed by atoms with van der Waals surface area (Å²) in [5.74, 6) is -0.211. The number of carbonyl (C=O) groups excluding carboxylic acids is 2. The quantitative estimate of drug-likeness (QED) is 0.864. The molecule has 0 aromatic heterocycles. The zero-order chi connectivity index (χ0) is 16.2. The molecule has 2 aromatic carbocycles. The molecular formula is C19H18N2O2. The number of nitrogens with one attached hydrogen (secondary N) is 1. The lowest BCUT2D eigenvalue weighted by molar-refractivity contribution is -0.116. The summed E-state index contributed by atoms with van der Waals surface area (Å²) >= 11 is 0. The Balaban J connectivity index is 1.92. The van der Waals surface area contributed by atoms with E-state index in [1.165, 1.54) is 0 Å². The molecule has 0 bridgehead atoms. The molecule has 1 aliphatic heterocycles. The molecule has 4 heteroatoms. The maximum absolute atomic E-state index is 12.7. The standard InChI is InChI=1S/C19H18N2O2/c1-14-13-18(22)20-16-9-5-6-10-17(16)21(14)19(23)12-11-15-7-3-2-4-8-15/h2-12,14H,13H2,1H3,(H,20,22)/b12-11+. The van der Waals surface area contributed by atoms with Crippen molar-refractivity contribution in [3.63, 3.8) is 0 Å². The summed E-state index contributed by atoms with van der Waals surface area (Å²) in [6.07, 6.45) is 3.62. The lowest BCUT2D eigenvalue weighted by Gasteiger charge is -2.26. The third-order valence-corrected chi connectivity index (χ3v) is 3.81. The van der Waals surface area contributed by atoms with E-state index in [-0.39, 0.29) is 24.3 Å². The van der Waals surface area contributed by atoms with Gasteiger partial charge in [0.2, 0.25) is 5.91 Å². The molecule has 1 N–H and O–H groups in total. The maximum atomic E-state index is 12.7. The Morgan fingerprint density at radius 2 is 1.83 bits per heavy atom. The molecule has 2 amide bonds. The van der Waals surface area contributed by atoms with Crippen LogP contribution >= 0.6 is 0 Å². The van der Waals surface area contributed by atoms with Gasteiger partial charge in [0, 0.05) is 18.5 Å². The second kappa shape index (κ2) is 6.48. The number of amides is 2. The fraction of sp³-hybridized carbons (Fsp3) is 0.158. The third-order valence-electron chi connectivity index (χ3n) is 3.81. The van der Waals surface area contributed by atoms with Crippen molar-refractivity contribution in [1.29, 1.82) is 0 Å². The van der Waals surface area contributed by atoms with Crippen LogP contribution in [0.15, 0.2) is 60.7 Å². The Morgan fingerprint density at radius 3 is 2.61 bits per heavy atom. The molecule has 4 nitrogen and oxygen atoms in total. The highest BCUT2D eigenvalue weighted by Gasteiger charge is 2.28. The van der Waals surface area contributed by atoms with Crippen LogP contribution in [0.5, 0.6) is 0 Å². The van der Waals surface area contributed by atoms with Crippen molar-refractivity contribution in [3.8, 4) is 0 Å². The molecule has 1 aliphatic rings. The van der Waals surface area contributed by atoms with Crippen molar-refractivity contribution < 1.29 is 9.59 Å². The molecule has 0 saturated heterocycles. The highest BCUT2D eigenvalue weighted by Crippen LogP contribution is 2.31. The van der Waals surface area contributed by atoms with Gasteiger partial charge in [-0.15, -0.1) is 0 Å². The number of nitrogens with zero attached hydrogens (tertiary/aromatic N) is 1. The third kappa shape index (κ3) is 3.31. The van der Waals surface area contributed by atoms with E-state index in [0.717, 1.165) is 11.3 Å². The van der Waals surface area contributed by atoms with Gasteiger partial charge in [-0.25, -0.2) is 0 Å². The molecule has 2 aromatic rings. The van der Waals surface area contributed by atoms with Gasteiger partial charge in [0.05, 0.1) is 11.4 Å². The van der Waals surface area contributed by atoms with Crippen LogP contribution in [0.4, 0.5) is 11.4 Å². The molecule has 116 valence electrons. The molecule has 0 spiro atoms. The van der Waals surface area contributed by atoms with Crippen molar-refractivity contribution in [2.45, 2.75) is 19.4 Å². The van der Waals surface area contributed by atoms with E-state index in [1.54, 1.807) is 17.1 Å². The predicted octanol–water partition coefficient (Wildman–Crippen LogP) is 3.46. The summed E-state index contributed by atoms with van der Waals surface area (Å²) in [4.78, 5) is 26.3. The number of anilines is 2. The van der Waals surface area contributed by atoms with Gasteiger partial charge in [-0.1, -0.05) is 42.5 Å². The fourth-order valence-corrected chi connectivity index (χ4v) is 2.74. The van der Waals surface area contributed by atoms with Crippen LogP contribution in [0, 0.1) is 0 Å². The van der Waals surface area contributed by atoms with Crippen LogP contribution in [0.3, 0.4) is 0 Å². The average molecular weight is 306 g/mol. The molecule has 0 fully saturated rings. The minimum absolute atomic E-state index is 0.0766. The first-order valence-corrected chi connectivity index (χ1v) is 7.60. The second-order valence-corrected chi connectivity index (χ2v) is 5.57. The van der Waals surface area contributed by atoms with E-state index in [1.807, 2.05) is 61.5 Å². The van der Waals surface area contributed by atoms with Crippen LogP contribution in [0.25, 0.3) is 6.08 Å². The van der Waals surface area contributed by atoms with E-state index >= 15 is 0 Å². The number of fused-ring (bicyclic) bond motifs is 1. The maximum Gasteiger partial charge on any atom is 0.251 e. The van der Waals surface area contributed by atoms with Crippen LogP contribution in [-0.2, 0) is 9.59 Å². The van der Waals surface area contributed by atoms with Crippen LogP contribution in [0.2, 0.25) is 0 Å². The summed E-state index contributed by atoms with van der Waals surface area (Å²) in [7, 11) is 0. The monoisotopic (exact) mass is 306 g/mol. The minimum Gasteiger partial charge on any atom is -0.324 e. The van der Waals surface area contributed by atoms with Crippen molar-refractivity contribution >= 4 is 29.3 Å². The first-order valence-electron chi connectivity index (χ1n) is 7.60. The van der Waals surface area contributed by atoms with Gasteiger partial charge in [-0.3, -0.25) is 9.59 Å². The molecule has 0 radical (unpaired) electrons. The molecule has 1 atom stereocenters. The average Bonchev–Trinajstić information content (AvgIpc) is 2.68. The first kappa shape index (κ1) is 15.0. The fourth-order valence-electron chi connectivity index (χ4n) is 2.74. The number of para-hydroxylation sites is 2. The van der Waals surface area contributed by atoms with Crippen molar-refractivity contribution in [3.05, 3.63) is 66.2 Å². The largest absolute Gasteiger partial charge is 0.324 e. The second-order valence-electron chi connectivity index (χ2n) is 5.57. The van der Waals surface area contributed by atoms with E-state index in [9.17, 15) is 9.59 Å². The topological polar surface area (TPSA) is 49.4 Å². The van der Waals surface area contributed by atoms with E-state index in [0.29, 0.717) is 5.69 Å². The van der Waals surface area contributed by atoms with Gasteiger partial charge in [-0.2, -0.15) is 0 Å². The zero-order valence-electron chi connectivity index (χ0n) is 12.9. The Labute approximate surface area is 135 Å². The smallest absolute Gasteiger partial charge is 0.251 e. The number of hydrogen-bond acceptors (Lipinski definition) is 2. The van der Waals surface area contributed by atoms with Crippen LogP contribution in [-0.4, -0.2) is 17.9 Å². The first-order chi connectivity index (χ1) is 11.1. The Morgan fingerprint density at radius 1 is 1.13 bits per heavy atom. The molecule has 1 heterocycles. The van der Waals surface area contributed by atoms with E-state index in [4.69, 9.17) is 0 Å². The number of carbonyl (C=O) groups is 2. The Hall–Kier alpha value is -2.88. The van der Waals surface area contributed by atoms with Gasteiger partial charge >= 0.3 is 0 Å². The Kier molecular flexibility index (Phi) is 4.24. The lowest BCUT2D eigenvalue weighted by Crippen LogP contribution is -2.37. The highest BCUT2D eigenvalue weighted by molar-refractivity contribution is 6.09. The molecule has 1 unspecified atom stereocenters. The van der Waals surface area contributed by atoms with Crippen LogP contribution in [0.1, 0.15) is 18.9 Å². The summed E-state index contributed by atoms with van der Waals surface area (Å²) in [6.45, 7) is 1.88. The van der Waals surface area contributed by atoms with E-state index in [2.05, 4.69) is 5.32 Å². The summed E-state index contributed by atoms with van der Waals surface area (Å²) in [5, 5.41) is 2.85. The SMILES string of the molecule is CC1CC(=O)Nc2ccccc2N1C(=O)/C=C/c1ccccc1. The van der Waals surface area contributed by atoms with Gasteiger partial charge in [0.15, 0.2) is 0 Å². The van der Waals surface area contributed by atoms with Crippen molar-refractivity contribution in [1.82, 2.24) is 0 Å². The molecule has 23 heavy (non-hydrogen) atoms. The van der Waals surface area contributed by atoms with Crippen molar-refractivity contribution in [2.75, 3.05) is 10.2 Å². The molecule has 0 saturated carbocycles. The Bertz CT molecular complexity index is 753. The lowest BCUT2D eigenvalue weighted by atomic mass is 10.1. The zero-order valence-corrected chi connectivity index (χ0v) is 12.9. The van der Waals surface area contributed by atoms with Gasteiger partial charge in [0.25, 0.3) is 5.91 Å². The van der Waals surface area contributed by atoms with Gasteiger partial charge < -0.3 is 10.2 Å². The highest BCUT2D eigenvalue weighted by atomic mass is 16.2. The van der Waals surface area contributed by atoms with Crippen molar-refractivity contribution in [2.24, 2.45) is 0 Å². The molecule has 3 rings (SSSR count). The summed E-state index contributed by atoms with van der Waals surface area (Å²) < 4.78 is 0. The number of rotatable bonds is 2. The summed E-state index contributed by atoms with van der Waals surface area (Å²) in [5.41, 5.74) is 2.36. The van der Waals surface area contributed by atoms with Crippen LogP contribution < -0.4 is 10.2 Å².